The van der Waals surface area contributed by atoms with Crippen LogP contribution >= 0.6 is 23.2 Å². The van der Waals surface area contributed by atoms with Crippen LogP contribution in [-0.4, -0.2) is 32.1 Å². The number of carbonyl (C=O) groups excluding carboxylic acids is 2. The highest BCUT2D eigenvalue weighted by atomic mass is 35.5. The summed E-state index contributed by atoms with van der Waals surface area (Å²) < 4.78 is 10.4. The van der Waals surface area contributed by atoms with Crippen molar-refractivity contribution >= 4 is 35.0 Å². The number of halogens is 2. The molecule has 138 valence electrons. The third kappa shape index (κ3) is 5.54. The molecule has 0 bridgehead atoms. The van der Waals surface area contributed by atoms with E-state index in [9.17, 15) is 9.59 Å². The van der Waals surface area contributed by atoms with Crippen molar-refractivity contribution in [3.05, 3.63) is 57.6 Å². The summed E-state index contributed by atoms with van der Waals surface area (Å²) in [6, 6.07) is 10.3. The van der Waals surface area contributed by atoms with E-state index in [1.165, 1.54) is 19.2 Å². The van der Waals surface area contributed by atoms with E-state index in [0.717, 1.165) is 5.56 Å². The summed E-state index contributed by atoms with van der Waals surface area (Å²) in [6.07, 6.45) is 0.636. The van der Waals surface area contributed by atoms with Gasteiger partial charge >= 0.3 is 0 Å². The topological polar surface area (TPSA) is 90.7 Å². The molecule has 0 unspecified atom stereocenters. The highest BCUT2D eigenvalue weighted by Gasteiger charge is 2.16. The molecule has 2 aromatic rings. The van der Waals surface area contributed by atoms with E-state index in [0.29, 0.717) is 23.6 Å². The number of carbonyl (C=O) groups is 2. The second-order valence-corrected chi connectivity index (χ2v) is 6.22. The van der Waals surface area contributed by atoms with Gasteiger partial charge in [0, 0.05) is 17.1 Å². The first-order chi connectivity index (χ1) is 12.4. The van der Waals surface area contributed by atoms with Crippen molar-refractivity contribution in [2.75, 3.05) is 20.3 Å². The van der Waals surface area contributed by atoms with Crippen molar-refractivity contribution in [3.63, 3.8) is 0 Å². The number of nitrogens with two attached hydrogens (primary N) is 1. The number of methoxy groups -OCH3 is 1. The van der Waals surface area contributed by atoms with Gasteiger partial charge in [0.2, 0.25) is 0 Å². The van der Waals surface area contributed by atoms with E-state index in [1.54, 1.807) is 6.07 Å². The monoisotopic (exact) mass is 396 g/mol. The van der Waals surface area contributed by atoms with Crippen LogP contribution in [0.25, 0.3) is 0 Å². The first-order valence-corrected chi connectivity index (χ1v) is 8.47. The van der Waals surface area contributed by atoms with Crippen LogP contribution < -0.4 is 20.5 Å². The fourth-order valence-corrected chi connectivity index (χ4v) is 2.73. The standard InChI is InChI=1S/C18H18Cl2N2O4/c1-25-15-9-12(8-14(20)17(15)26-10-16(21)23)18(24)22-6-5-11-3-2-4-13(19)7-11/h2-4,7-9H,5-6,10H2,1H3,(H2,21,23)(H,22,24). The molecule has 6 nitrogen and oxygen atoms in total. The lowest BCUT2D eigenvalue weighted by Gasteiger charge is -2.13. The van der Waals surface area contributed by atoms with Crippen LogP contribution in [0.3, 0.4) is 0 Å². The maximum atomic E-state index is 12.3. The van der Waals surface area contributed by atoms with Crippen molar-refractivity contribution < 1.29 is 19.1 Å². The van der Waals surface area contributed by atoms with Gasteiger partial charge in [0.1, 0.15) is 0 Å². The minimum Gasteiger partial charge on any atom is -0.493 e. The molecule has 2 amide bonds. The van der Waals surface area contributed by atoms with Gasteiger partial charge in [0.15, 0.2) is 18.1 Å². The van der Waals surface area contributed by atoms with E-state index in [1.807, 2.05) is 18.2 Å². The molecule has 0 atom stereocenters. The number of hydrogen-bond donors (Lipinski definition) is 2. The van der Waals surface area contributed by atoms with E-state index in [-0.39, 0.29) is 29.0 Å². The molecule has 0 heterocycles. The number of hydrogen-bond acceptors (Lipinski definition) is 4. The van der Waals surface area contributed by atoms with Crippen LogP contribution in [0.5, 0.6) is 11.5 Å². The molecular weight excluding hydrogens is 379 g/mol. The second-order valence-electron chi connectivity index (χ2n) is 5.38. The van der Waals surface area contributed by atoms with E-state index in [2.05, 4.69) is 5.32 Å². The molecule has 3 N–H and O–H groups in total. The van der Waals surface area contributed by atoms with Crippen molar-refractivity contribution in [2.24, 2.45) is 5.73 Å². The zero-order valence-corrected chi connectivity index (χ0v) is 15.6. The quantitative estimate of drug-likeness (QED) is 0.717. The Morgan fingerprint density at radius 3 is 2.62 bits per heavy atom. The molecule has 0 radical (unpaired) electrons. The van der Waals surface area contributed by atoms with Crippen molar-refractivity contribution in [1.29, 1.82) is 0 Å². The predicted octanol–water partition coefficient (Wildman–Crippen LogP) is 2.84. The maximum absolute atomic E-state index is 12.3. The molecule has 2 aromatic carbocycles. The number of nitrogens with one attached hydrogen (secondary N) is 1. The number of rotatable bonds is 8. The molecule has 0 aromatic heterocycles. The molecule has 0 spiro atoms. The summed E-state index contributed by atoms with van der Waals surface area (Å²) >= 11 is 12.1. The maximum Gasteiger partial charge on any atom is 0.255 e. The lowest BCUT2D eigenvalue weighted by atomic mass is 10.1. The van der Waals surface area contributed by atoms with Gasteiger partial charge in [0.25, 0.3) is 11.8 Å². The van der Waals surface area contributed by atoms with Gasteiger partial charge in [-0.05, 0) is 36.2 Å². The Bertz CT molecular complexity index is 812. The highest BCUT2D eigenvalue weighted by molar-refractivity contribution is 6.32. The fraction of sp³-hybridized carbons (Fsp3) is 0.222. The summed E-state index contributed by atoms with van der Waals surface area (Å²) in [5.41, 5.74) is 6.38. The Labute approximate surface area is 161 Å². The first-order valence-electron chi connectivity index (χ1n) is 7.72. The molecule has 2 rings (SSSR count). The highest BCUT2D eigenvalue weighted by Crippen LogP contribution is 2.36. The van der Waals surface area contributed by atoms with Crippen LogP contribution in [0.2, 0.25) is 10.0 Å². The normalized spacial score (nSPS) is 10.3. The molecule has 0 saturated heterocycles. The van der Waals surface area contributed by atoms with Gasteiger partial charge in [-0.3, -0.25) is 9.59 Å². The van der Waals surface area contributed by atoms with Gasteiger partial charge in [0.05, 0.1) is 12.1 Å². The predicted molar refractivity (Wildman–Crippen MR) is 100 cm³/mol. The SMILES string of the molecule is COc1cc(C(=O)NCCc2cccc(Cl)c2)cc(Cl)c1OCC(N)=O. The van der Waals surface area contributed by atoms with Crippen LogP contribution in [-0.2, 0) is 11.2 Å². The van der Waals surface area contributed by atoms with Gasteiger partial charge in [-0.1, -0.05) is 35.3 Å². The zero-order valence-electron chi connectivity index (χ0n) is 14.1. The smallest absolute Gasteiger partial charge is 0.255 e. The molecule has 0 fully saturated rings. The van der Waals surface area contributed by atoms with Crippen LogP contribution in [0.15, 0.2) is 36.4 Å². The minimum atomic E-state index is -0.647. The van der Waals surface area contributed by atoms with Crippen LogP contribution in [0.4, 0.5) is 0 Å². The molecule has 26 heavy (non-hydrogen) atoms. The lowest BCUT2D eigenvalue weighted by Crippen LogP contribution is -2.26. The van der Waals surface area contributed by atoms with E-state index < -0.39 is 5.91 Å². The summed E-state index contributed by atoms with van der Waals surface area (Å²) in [5.74, 6) is -0.568. The second kappa shape index (κ2) is 9.31. The van der Waals surface area contributed by atoms with Crippen molar-refractivity contribution in [3.8, 4) is 11.5 Å². The lowest BCUT2D eigenvalue weighted by molar-refractivity contribution is -0.119. The summed E-state index contributed by atoms with van der Waals surface area (Å²) in [4.78, 5) is 23.2. The van der Waals surface area contributed by atoms with Crippen LogP contribution in [0, 0.1) is 0 Å². The Hall–Kier alpha value is -2.44. The van der Waals surface area contributed by atoms with Crippen molar-refractivity contribution in [1.82, 2.24) is 5.32 Å². The summed E-state index contributed by atoms with van der Waals surface area (Å²) in [7, 11) is 1.41. The van der Waals surface area contributed by atoms with E-state index in [4.69, 9.17) is 38.4 Å². The van der Waals surface area contributed by atoms with Gasteiger partial charge in [-0.15, -0.1) is 0 Å². The van der Waals surface area contributed by atoms with Gasteiger partial charge in [-0.25, -0.2) is 0 Å². The Balaban J connectivity index is 2.03. The molecule has 0 aliphatic carbocycles. The molecular formula is C18H18Cl2N2O4. The Kier molecular flexibility index (Phi) is 7.12. The molecule has 0 aliphatic heterocycles. The molecule has 8 heteroatoms. The number of primary amides is 1. The number of benzene rings is 2. The number of amides is 2. The Morgan fingerprint density at radius 2 is 1.96 bits per heavy atom. The van der Waals surface area contributed by atoms with Gasteiger partial charge < -0.3 is 20.5 Å². The zero-order chi connectivity index (χ0) is 19.1. The third-order valence-electron chi connectivity index (χ3n) is 3.44. The first kappa shape index (κ1) is 19.9. The number of ether oxygens (including phenoxy) is 2. The summed E-state index contributed by atoms with van der Waals surface area (Å²) in [6.45, 7) is 0.0836. The average Bonchev–Trinajstić information content (AvgIpc) is 2.59. The van der Waals surface area contributed by atoms with Gasteiger partial charge in [-0.2, -0.15) is 0 Å². The average molecular weight is 397 g/mol. The van der Waals surface area contributed by atoms with Crippen molar-refractivity contribution in [2.45, 2.75) is 6.42 Å². The molecule has 0 aliphatic rings. The minimum absolute atomic E-state index is 0.144. The fourth-order valence-electron chi connectivity index (χ4n) is 2.25. The van der Waals surface area contributed by atoms with E-state index >= 15 is 0 Å². The van der Waals surface area contributed by atoms with Crippen LogP contribution in [0.1, 0.15) is 15.9 Å². The largest absolute Gasteiger partial charge is 0.493 e. The summed E-state index contributed by atoms with van der Waals surface area (Å²) in [5, 5.41) is 3.60. The Morgan fingerprint density at radius 1 is 1.19 bits per heavy atom. The molecule has 0 saturated carbocycles. The third-order valence-corrected chi connectivity index (χ3v) is 3.95.